The van der Waals surface area contributed by atoms with E-state index in [1.54, 1.807) is 0 Å². The number of rotatable bonds is 5. The number of esters is 1. The van der Waals surface area contributed by atoms with Gasteiger partial charge in [0.05, 0.1) is 7.11 Å². The normalized spacial score (nSPS) is 15.9. The summed E-state index contributed by atoms with van der Waals surface area (Å²) in [5.41, 5.74) is -3.36. The Hall–Kier alpha value is -0.780. The van der Waals surface area contributed by atoms with Gasteiger partial charge < -0.3 is 9.84 Å². The first-order valence-electron chi connectivity index (χ1n) is 4.67. The SMILES string of the molecule is CCCCCC(O)(C(=O)OC)C(F)(F)F. The zero-order valence-electron chi connectivity index (χ0n) is 8.73. The summed E-state index contributed by atoms with van der Waals surface area (Å²) in [5.74, 6) is -1.65. The van der Waals surface area contributed by atoms with E-state index in [0.717, 1.165) is 7.11 Å². The summed E-state index contributed by atoms with van der Waals surface area (Å²) in [7, 11) is 0.818. The van der Waals surface area contributed by atoms with E-state index < -0.39 is 24.2 Å². The molecule has 1 N–H and O–H groups in total. The fourth-order valence-electron chi connectivity index (χ4n) is 1.16. The molecule has 0 saturated carbocycles. The molecule has 6 heteroatoms. The summed E-state index contributed by atoms with van der Waals surface area (Å²) < 4.78 is 41.2. The zero-order valence-corrected chi connectivity index (χ0v) is 8.73. The lowest BCUT2D eigenvalue weighted by molar-refractivity contribution is -0.263. The van der Waals surface area contributed by atoms with Gasteiger partial charge in [0, 0.05) is 0 Å². The Labute approximate surface area is 86.2 Å². The van der Waals surface area contributed by atoms with Crippen molar-refractivity contribution in [3.05, 3.63) is 0 Å². The van der Waals surface area contributed by atoms with Crippen LogP contribution >= 0.6 is 0 Å². The molecule has 0 fully saturated rings. The first-order chi connectivity index (χ1) is 6.79. The molecule has 0 aromatic carbocycles. The average molecular weight is 228 g/mol. The maximum Gasteiger partial charge on any atom is 0.428 e. The van der Waals surface area contributed by atoms with Gasteiger partial charge in [-0.2, -0.15) is 13.2 Å². The van der Waals surface area contributed by atoms with Gasteiger partial charge in [0.25, 0.3) is 5.60 Å². The molecule has 0 heterocycles. The summed E-state index contributed by atoms with van der Waals surface area (Å²) in [6.07, 6.45) is -4.29. The Morgan fingerprint density at radius 2 is 1.87 bits per heavy atom. The fraction of sp³-hybridized carbons (Fsp3) is 0.889. The van der Waals surface area contributed by atoms with Crippen molar-refractivity contribution < 1.29 is 27.8 Å². The van der Waals surface area contributed by atoms with Crippen molar-refractivity contribution in [2.75, 3.05) is 7.11 Å². The van der Waals surface area contributed by atoms with E-state index in [2.05, 4.69) is 4.74 Å². The molecule has 0 spiro atoms. The summed E-state index contributed by atoms with van der Waals surface area (Å²) in [4.78, 5) is 10.9. The van der Waals surface area contributed by atoms with E-state index in [1.807, 2.05) is 6.92 Å². The van der Waals surface area contributed by atoms with Gasteiger partial charge in [0.1, 0.15) is 0 Å². The van der Waals surface area contributed by atoms with Crippen LogP contribution in [0.15, 0.2) is 0 Å². The van der Waals surface area contributed by atoms with Crippen LogP contribution in [0.5, 0.6) is 0 Å². The molecule has 0 aliphatic heterocycles. The quantitative estimate of drug-likeness (QED) is 0.578. The monoisotopic (exact) mass is 228 g/mol. The van der Waals surface area contributed by atoms with Gasteiger partial charge in [-0.05, 0) is 12.8 Å². The lowest BCUT2D eigenvalue weighted by atomic mass is 9.95. The number of carbonyl (C=O) groups excluding carboxylic acids is 1. The average Bonchev–Trinajstić information content (AvgIpc) is 2.15. The summed E-state index contributed by atoms with van der Waals surface area (Å²) in [6, 6.07) is 0. The smallest absolute Gasteiger partial charge is 0.428 e. The molecule has 0 bridgehead atoms. The van der Waals surface area contributed by atoms with Crippen molar-refractivity contribution in [2.24, 2.45) is 0 Å². The predicted octanol–water partition coefficient (Wildman–Crippen LogP) is 2.03. The second kappa shape index (κ2) is 5.34. The Morgan fingerprint density at radius 3 is 2.20 bits per heavy atom. The Bertz CT molecular complexity index is 215. The van der Waals surface area contributed by atoms with E-state index in [9.17, 15) is 23.1 Å². The molecule has 0 aliphatic rings. The first kappa shape index (κ1) is 14.2. The fourth-order valence-corrected chi connectivity index (χ4v) is 1.16. The molecule has 0 aromatic heterocycles. The van der Waals surface area contributed by atoms with Crippen LogP contribution in [-0.2, 0) is 9.53 Å². The lowest BCUT2D eigenvalue weighted by Gasteiger charge is -2.27. The van der Waals surface area contributed by atoms with Gasteiger partial charge >= 0.3 is 12.1 Å². The second-order valence-corrected chi connectivity index (χ2v) is 3.31. The first-order valence-corrected chi connectivity index (χ1v) is 4.67. The molecule has 3 nitrogen and oxygen atoms in total. The molecule has 0 rings (SSSR count). The Morgan fingerprint density at radius 1 is 1.33 bits per heavy atom. The van der Waals surface area contributed by atoms with Crippen LogP contribution in [0.25, 0.3) is 0 Å². The summed E-state index contributed by atoms with van der Waals surface area (Å²) in [5, 5.41) is 9.24. The second-order valence-electron chi connectivity index (χ2n) is 3.31. The van der Waals surface area contributed by atoms with Crippen LogP contribution in [0, 0.1) is 0 Å². The number of aliphatic hydroxyl groups is 1. The number of alkyl halides is 3. The van der Waals surface area contributed by atoms with Crippen LogP contribution in [0.2, 0.25) is 0 Å². The highest BCUT2D eigenvalue weighted by Gasteiger charge is 2.59. The minimum absolute atomic E-state index is 0.127. The van der Waals surface area contributed by atoms with Gasteiger partial charge in [0.2, 0.25) is 0 Å². The number of methoxy groups -OCH3 is 1. The van der Waals surface area contributed by atoms with Crippen molar-refractivity contribution in [3.8, 4) is 0 Å². The van der Waals surface area contributed by atoms with Gasteiger partial charge in [-0.1, -0.05) is 19.8 Å². The maximum atomic E-state index is 12.4. The Kier molecular flexibility index (Phi) is 5.07. The molecule has 0 amide bonds. The molecule has 1 atom stereocenters. The van der Waals surface area contributed by atoms with Crippen molar-refractivity contribution in [2.45, 2.75) is 44.4 Å². The molecule has 15 heavy (non-hydrogen) atoms. The minimum atomic E-state index is -4.99. The van der Waals surface area contributed by atoms with Gasteiger partial charge in [-0.3, -0.25) is 0 Å². The van der Waals surface area contributed by atoms with Crippen LogP contribution in [0.3, 0.4) is 0 Å². The molecule has 0 saturated heterocycles. The van der Waals surface area contributed by atoms with Crippen LogP contribution in [-0.4, -0.2) is 30.0 Å². The molecule has 0 radical (unpaired) electrons. The third-order valence-electron chi connectivity index (χ3n) is 2.13. The number of halogens is 3. The van der Waals surface area contributed by atoms with Crippen molar-refractivity contribution in [1.29, 1.82) is 0 Å². The third-order valence-corrected chi connectivity index (χ3v) is 2.13. The van der Waals surface area contributed by atoms with Crippen LogP contribution < -0.4 is 0 Å². The number of carbonyl (C=O) groups is 1. The van der Waals surface area contributed by atoms with E-state index in [-0.39, 0.29) is 6.42 Å². The Balaban J connectivity index is 4.64. The number of hydrogen-bond donors (Lipinski definition) is 1. The molecular formula is C9H15F3O3. The molecule has 0 aliphatic carbocycles. The van der Waals surface area contributed by atoms with Crippen LogP contribution in [0.4, 0.5) is 13.2 Å². The summed E-state index contributed by atoms with van der Waals surface area (Å²) >= 11 is 0. The van der Waals surface area contributed by atoms with E-state index >= 15 is 0 Å². The minimum Gasteiger partial charge on any atom is -0.467 e. The molecule has 0 aromatic rings. The van der Waals surface area contributed by atoms with Crippen LogP contribution in [0.1, 0.15) is 32.6 Å². The highest BCUT2D eigenvalue weighted by Crippen LogP contribution is 2.35. The number of unbranched alkanes of at least 4 members (excludes halogenated alkanes) is 2. The van der Waals surface area contributed by atoms with Crippen molar-refractivity contribution in [3.63, 3.8) is 0 Å². The molecular weight excluding hydrogens is 213 g/mol. The predicted molar refractivity (Wildman–Crippen MR) is 47.2 cm³/mol. The molecule has 1 unspecified atom stereocenters. The topological polar surface area (TPSA) is 46.5 Å². The lowest BCUT2D eigenvalue weighted by Crippen LogP contribution is -2.52. The maximum absolute atomic E-state index is 12.4. The van der Waals surface area contributed by atoms with E-state index in [1.165, 1.54) is 0 Å². The molecule has 90 valence electrons. The largest absolute Gasteiger partial charge is 0.467 e. The highest BCUT2D eigenvalue weighted by molar-refractivity contribution is 5.80. The standard InChI is InChI=1S/C9H15F3O3/c1-3-4-5-6-8(14,7(13)15-2)9(10,11)12/h14H,3-6H2,1-2H3. The number of ether oxygens (including phenoxy) is 1. The van der Waals surface area contributed by atoms with Gasteiger partial charge in [0.15, 0.2) is 0 Å². The zero-order chi connectivity index (χ0) is 12.1. The van der Waals surface area contributed by atoms with Gasteiger partial charge in [-0.25, -0.2) is 4.79 Å². The van der Waals surface area contributed by atoms with E-state index in [0.29, 0.717) is 12.8 Å². The number of hydrogen-bond acceptors (Lipinski definition) is 3. The third kappa shape index (κ3) is 3.37. The van der Waals surface area contributed by atoms with Crippen molar-refractivity contribution >= 4 is 5.97 Å². The van der Waals surface area contributed by atoms with Crippen molar-refractivity contribution in [1.82, 2.24) is 0 Å². The highest BCUT2D eigenvalue weighted by atomic mass is 19.4. The van der Waals surface area contributed by atoms with Gasteiger partial charge in [-0.15, -0.1) is 0 Å². The van der Waals surface area contributed by atoms with E-state index in [4.69, 9.17) is 0 Å². The summed E-state index contributed by atoms with van der Waals surface area (Å²) in [6.45, 7) is 1.81.